The van der Waals surface area contributed by atoms with Crippen LogP contribution in [-0.4, -0.2) is 25.2 Å². The zero-order valence-electron chi connectivity index (χ0n) is 10.3. The summed E-state index contributed by atoms with van der Waals surface area (Å²) in [7, 11) is -0.0173. The molecular weight excluding hydrogens is 220 g/mol. The minimum absolute atomic E-state index is 0.223. The van der Waals surface area contributed by atoms with Crippen LogP contribution < -0.4 is 10.3 Å². The average Bonchev–Trinajstić information content (AvgIpc) is 2.14. The van der Waals surface area contributed by atoms with Crippen molar-refractivity contribution in [3.8, 4) is 17.5 Å². The van der Waals surface area contributed by atoms with E-state index in [1.165, 1.54) is 7.11 Å². The first-order valence-electron chi connectivity index (χ1n) is 5.01. The van der Waals surface area contributed by atoms with Gasteiger partial charge in [-0.05, 0) is 6.92 Å². The highest BCUT2D eigenvalue weighted by Crippen LogP contribution is 2.03. The summed E-state index contributed by atoms with van der Waals surface area (Å²) >= 11 is 0. The predicted molar refractivity (Wildman–Crippen MR) is 66.4 cm³/mol. The summed E-state index contributed by atoms with van der Waals surface area (Å²) < 4.78 is 4.87. The normalized spacial score (nSPS) is 10.6. The Kier molecular flexibility index (Phi) is 3.55. The van der Waals surface area contributed by atoms with E-state index in [0.717, 1.165) is 0 Å². The third-order valence-electron chi connectivity index (χ3n) is 1.83. The number of nitrogens with zero attached hydrogens (tertiary/aromatic N) is 1. The lowest BCUT2D eigenvalue weighted by molar-refractivity contribution is 0.377. The molecule has 16 heavy (non-hydrogen) atoms. The molecule has 0 aliphatic heterocycles. The topological polar surface area (TPSA) is 55.0 Å². The van der Waals surface area contributed by atoms with Gasteiger partial charge in [-0.3, -0.25) is 9.78 Å². The SMILES string of the molecule is COc1nc(C)c(C#C[Si](C)(C)C)c(=O)[nH]1. The smallest absolute Gasteiger partial charge is 0.296 e. The van der Waals surface area contributed by atoms with E-state index in [4.69, 9.17) is 4.74 Å². The standard InChI is InChI=1S/C11H16N2O2Si/c1-8-9(6-7-16(3,4)5)10(14)13-11(12-8)15-2/h1-5H3,(H,12,13,14). The summed E-state index contributed by atoms with van der Waals surface area (Å²) in [5.41, 5.74) is 3.94. The summed E-state index contributed by atoms with van der Waals surface area (Å²) in [4.78, 5) is 18.3. The number of hydrogen-bond acceptors (Lipinski definition) is 3. The van der Waals surface area contributed by atoms with E-state index < -0.39 is 8.07 Å². The average molecular weight is 236 g/mol. The van der Waals surface area contributed by atoms with Gasteiger partial charge in [-0.2, -0.15) is 0 Å². The zero-order valence-corrected chi connectivity index (χ0v) is 11.3. The summed E-state index contributed by atoms with van der Waals surface area (Å²) in [5.74, 6) is 2.92. The van der Waals surface area contributed by atoms with E-state index >= 15 is 0 Å². The Labute approximate surface area is 96.1 Å². The van der Waals surface area contributed by atoms with Crippen molar-refractivity contribution >= 4 is 8.07 Å². The first-order chi connectivity index (χ1) is 7.33. The molecule has 1 heterocycles. The molecule has 0 atom stereocenters. The van der Waals surface area contributed by atoms with Crippen LogP contribution in [0.4, 0.5) is 0 Å². The van der Waals surface area contributed by atoms with Crippen LogP contribution in [-0.2, 0) is 0 Å². The van der Waals surface area contributed by atoms with Gasteiger partial charge in [-0.25, -0.2) is 4.98 Å². The van der Waals surface area contributed by atoms with E-state index in [0.29, 0.717) is 11.3 Å². The van der Waals surface area contributed by atoms with Crippen LogP contribution >= 0.6 is 0 Å². The minimum atomic E-state index is -1.48. The first-order valence-corrected chi connectivity index (χ1v) is 8.51. The lowest BCUT2D eigenvalue weighted by atomic mass is 10.2. The van der Waals surface area contributed by atoms with Crippen LogP contribution in [0.3, 0.4) is 0 Å². The Morgan fingerprint density at radius 3 is 2.44 bits per heavy atom. The molecule has 1 rings (SSSR count). The van der Waals surface area contributed by atoms with Gasteiger partial charge in [0.1, 0.15) is 13.6 Å². The Bertz CT molecular complexity index is 503. The fourth-order valence-electron chi connectivity index (χ4n) is 1.05. The molecule has 0 aliphatic rings. The number of H-pyrrole nitrogens is 1. The number of hydrogen-bond donors (Lipinski definition) is 1. The van der Waals surface area contributed by atoms with E-state index in [1.807, 2.05) is 0 Å². The van der Waals surface area contributed by atoms with Crippen LogP contribution in [0, 0.1) is 18.4 Å². The Morgan fingerprint density at radius 2 is 2.00 bits per heavy atom. The van der Waals surface area contributed by atoms with Gasteiger partial charge in [-0.1, -0.05) is 25.6 Å². The first kappa shape index (κ1) is 12.5. The van der Waals surface area contributed by atoms with Crippen LogP contribution in [0.1, 0.15) is 11.3 Å². The largest absolute Gasteiger partial charge is 0.468 e. The number of methoxy groups -OCH3 is 1. The van der Waals surface area contributed by atoms with Crippen LogP contribution in [0.25, 0.3) is 0 Å². The third-order valence-corrected chi connectivity index (χ3v) is 2.71. The molecule has 0 saturated carbocycles. The molecule has 0 radical (unpaired) electrons. The second-order valence-corrected chi connectivity index (χ2v) is 9.29. The second-order valence-electron chi connectivity index (χ2n) is 4.54. The molecule has 4 nitrogen and oxygen atoms in total. The van der Waals surface area contributed by atoms with Crippen LogP contribution in [0.15, 0.2) is 4.79 Å². The fraction of sp³-hybridized carbons (Fsp3) is 0.455. The molecule has 0 unspecified atom stereocenters. The van der Waals surface area contributed by atoms with Gasteiger partial charge in [0.25, 0.3) is 11.6 Å². The predicted octanol–water partition coefficient (Wildman–Crippen LogP) is 1.32. The molecule has 0 saturated heterocycles. The van der Waals surface area contributed by atoms with Crippen molar-refractivity contribution in [3.05, 3.63) is 21.6 Å². The number of nitrogens with one attached hydrogen (secondary N) is 1. The molecule has 0 spiro atoms. The Morgan fingerprint density at radius 1 is 1.38 bits per heavy atom. The van der Waals surface area contributed by atoms with Crippen molar-refractivity contribution in [2.75, 3.05) is 7.11 Å². The minimum Gasteiger partial charge on any atom is -0.468 e. The second kappa shape index (κ2) is 4.54. The molecule has 0 bridgehead atoms. The van der Waals surface area contributed by atoms with E-state index in [-0.39, 0.29) is 11.6 Å². The van der Waals surface area contributed by atoms with Crippen molar-refractivity contribution in [1.29, 1.82) is 0 Å². The highest BCUT2D eigenvalue weighted by molar-refractivity contribution is 6.83. The molecule has 1 aromatic rings. The maximum absolute atomic E-state index is 11.7. The molecule has 86 valence electrons. The number of aryl methyl sites for hydroxylation is 1. The van der Waals surface area contributed by atoms with Gasteiger partial charge >= 0.3 is 0 Å². The van der Waals surface area contributed by atoms with Gasteiger partial charge < -0.3 is 4.74 Å². The zero-order chi connectivity index (χ0) is 12.3. The van der Waals surface area contributed by atoms with E-state index in [1.54, 1.807) is 6.92 Å². The van der Waals surface area contributed by atoms with Gasteiger partial charge in [0.2, 0.25) is 0 Å². The number of aromatic nitrogens is 2. The number of aromatic amines is 1. The monoisotopic (exact) mass is 236 g/mol. The quantitative estimate of drug-likeness (QED) is 0.591. The van der Waals surface area contributed by atoms with Crippen molar-refractivity contribution in [3.63, 3.8) is 0 Å². The van der Waals surface area contributed by atoms with Crippen molar-refractivity contribution in [2.45, 2.75) is 26.6 Å². The van der Waals surface area contributed by atoms with Gasteiger partial charge in [0.05, 0.1) is 12.8 Å². The number of rotatable bonds is 1. The molecule has 0 aliphatic carbocycles. The highest BCUT2D eigenvalue weighted by atomic mass is 28.3. The molecule has 0 amide bonds. The van der Waals surface area contributed by atoms with Crippen LogP contribution in [0.2, 0.25) is 19.6 Å². The van der Waals surface area contributed by atoms with Crippen molar-refractivity contribution in [1.82, 2.24) is 9.97 Å². The van der Waals surface area contributed by atoms with Gasteiger partial charge in [-0.15, -0.1) is 5.54 Å². The summed E-state index contributed by atoms with van der Waals surface area (Å²) in [6.07, 6.45) is 0. The third kappa shape index (κ3) is 3.24. The van der Waals surface area contributed by atoms with Gasteiger partial charge in [0.15, 0.2) is 0 Å². The highest BCUT2D eigenvalue weighted by Gasteiger charge is 2.10. The summed E-state index contributed by atoms with van der Waals surface area (Å²) in [6.45, 7) is 8.13. The molecular formula is C11H16N2O2Si. The van der Waals surface area contributed by atoms with E-state index in [9.17, 15) is 4.79 Å². The fourth-order valence-corrected chi connectivity index (χ4v) is 1.55. The lowest BCUT2D eigenvalue weighted by Crippen LogP contribution is -2.19. The van der Waals surface area contributed by atoms with Crippen molar-refractivity contribution in [2.24, 2.45) is 0 Å². The Balaban J connectivity index is 3.25. The summed E-state index contributed by atoms with van der Waals surface area (Å²) in [5, 5.41) is 0. The van der Waals surface area contributed by atoms with Gasteiger partial charge in [0, 0.05) is 0 Å². The van der Waals surface area contributed by atoms with Crippen LogP contribution in [0.5, 0.6) is 6.01 Å². The molecule has 5 heteroatoms. The maximum Gasteiger partial charge on any atom is 0.296 e. The van der Waals surface area contributed by atoms with E-state index in [2.05, 4.69) is 41.1 Å². The van der Waals surface area contributed by atoms with Crippen molar-refractivity contribution < 1.29 is 4.74 Å². The molecule has 0 fully saturated rings. The Hall–Kier alpha value is -1.54. The summed E-state index contributed by atoms with van der Waals surface area (Å²) in [6, 6.07) is 0.223. The molecule has 0 aromatic carbocycles. The number of ether oxygens (including phenoxy) is 1. The molecule has 1 aromatic heterocycles. The lowest BCUT2D eigenvalue weighted by Gasteiger charge is -2.04. The molecule has 1 N–H and O–H groups in total. The maximum atomic E-state index is 11.7.